The zero-order chi connectivity index (χ0) is 23.9. The SMILES string of the molecule is COc1ccc(-c2ccccc2)cc1Nc1ncnc2n[nH]c(C(=O)CNC(=O)CCSC)c12. The lowest BCUT2D eigenvalue weighted by molar-refractivity contribution is -0.120. The molecule has 3 N–H and O–H groups in total. The molecule has 0 aliphatic heterocycles. The first-order chi connectivity index (χ1) is 16.6. The van der Waals surface area contributed by atoms with Crippen molar-refractivity contribution in [3.63, 3.8) is 0 Å². The molecule has 0 fully saturated rings. The quantitative estimate of drug-likeness (QED) is 0.295. The number of ether oxygens (including phenoxy) is 1. The van der Waals surface area contributed by atoms with Gasteiger partial charge < -0.3 is 15.4 Å². The molecule has 4 aromatic rings. The van der Waals surface area contributed by atoms with Crippen LogP contribution in [0.5, 0.6) is 5.75 Å². The molecular weight excluding hydrogens is 452 g/mol. The number of carbonyl (C=O) groups is 2. The Morgan fingerprint density at radius 1 is 1.09 bits per heavy atom. The van der Waals surface area contributed by atoms with E-state index in [1.807, 2.05) is 54.8 Å². The summed E-state index contributed by atoms with van der Waals surface area (Å²) in [5, 5.41) is 13.3. The number of rotatable bonds is 10. The Hall–Kier alpha value is -3.92. The van der Waals surface area contributed by atoms with E-state index in [1.54, 1.807) is 18.9 Å². The van der Waals surface area contributed by atoms with Crippen LogP contribution in [-0.2, 0) is 4.79 Å². The van der Waals surface area contributed by atoms with Crippen molar-refractivity contribution in [1.29, 1.82) is 0 Å². The van der Waals surface area contributed by atoms with Crippen molar-refractivity contribution < 1.29 is 14.3 Å². The van der Waals surface area contributed by atoms with Gasteiger partial charge in [0.1, 0.15) is 23.6 Å². The lowest BCUT2D eigenvalue weighted by atomic mass is 10.0. The number of H-pyrrole nitrogens is 1. The maximum absolute atomic E-state index is 12.9. The molecule has 9 nitrogen and oxygen atoms in total. The van der Waals surface area contributed by atoms with Crippen LogP contribution in [-0.4, -0.2) is 57.5 Å². The molecule has 0 unspecified atom stereocenters. The molecule has 0 aliphatic rings. The summed E-state index contributed by atoms with van der Waals surface area (Å²) in [4.78, 5) is 33.3. The number of aromatic nitrogens is 4. The van der Waals surface area contributed by atoms with Crippen LogP contribution in [0, 0.1) is 0 Å². The molecule has 0 saturated heterocycles. The Kier molecular flexibility index (Phi) is 7.38. The zero-order valence-electron chi connectivity index (χ0n) is 18.8. The van der Waals surface area contributed by atoms with Gasteiger partial charge in [0.25, 0.3) is 0 Å². The van der Waals surface area contributed by atoms with Crippen molar-refractivity contribution in [2.24, 2.45) is 0 Å². The number of methoxy groups -OCH3 is 1. The minimum absolute atomic E-state index is 0.147. The highest BCUT2D eigenvalue weighted by Crippen LogP contribution is 2.34. The summed E-state index contributed by atoms with van der Waals surface area (Å²) in [6.07, 6.45) is 3.65. The van der Waals surface area contributed by atoms with Gasteiger partial charge in [-0.1, -0.05) is 36.4 Å². The van der Waals surface area contributed by atoms with Crippen molar-refractivity contribution >= 4 is 46.0 Å². The number of benzene rings is 2. The highest BCUT2D eigenvalue weighted by molar-refractivity contribution is 7.98. The molecule has 34 heavy (non-hydrogen) atoms. The number of hydrogen-bond acceptors (Lipinski definition) is 8. The lowest BCUT2D eigenvalue weighted by Crippen LogP contribution is -2.30. The van der Waals surface area contributed by atoms with Crippen LogP contribution in [0.25, 0.3) is 22.2 Å². The summed E-state index contributed by atoms with van der Waals surface area (Å²) in [5.41, 5.74) is 3.28. The van der Waals surface area contributed by atoms with Crippen LogP contribution >= 0.6 is 11.8 Å². The van der Waals surface area contributed by atoms with E-state index in [2.05, 4.69) is 30.8 Å². The maximum Gasteiger partial charge on any atom is 0.221 e. The summed E-state index contributed by atoms with van der Waals surface area (Å²) < 4.78 is 5.53. The molecule has 0 spiro atoms. The number of nitrogens with one attached hydrogen (secondary N) is 3. The van der Waals surface area contributed by atoms with E-state index < -0.39 is 0 Å². The van der Waals surface area contributed by atoms with Gasteiger partial charge in [-0.2, -0.15) is 16.9 Å². The fourth-order valence-electron chi connectivity index (χ4n) is 3.45. The van der Waals surface area contributed by atoms with Gasteiger partial charge in [0.15, 0.2) is 11.4 Å². The third kappa shape index (κ3) is 5.18. The number of ketones is 1. The first-order valence-corrected chi connectivity index (χ1v) is 12.0. The average molecular weight is 477 g/mol. The van der Waals surface area contributed by atoms with Crippen molar-refractivity contribution in [2.45, 2.75) is 6.42 Å². The van der Waals surface area contributed by atoms with E-state index in [1.165, 1.54) is 6.33 Å². The van der Waals surface area contributed by atoms with E-state index in [0.29, 0.717) is 40.5 Å². The zero-order valence-corrected chi connectivity index (χ0v) is 19.6. The van der Waals surface area contributed by atoms with Gasteiger partial charge in [0, 0.05) is 12.2 Å². The summed E-state index contributed by atoms with van der Waals surface area (Å²) in [6.45, 7) is -0.147. The Balaban J connectivity index is 1.64. The largest absolute Gasteiger partial charge is 0.495 e. The predicted molar refractivity (Wildman–Crippen MR) is 134 cm³/mol. The first-order valence-electron chi connectivity index (χ1n) is 10.6. The molecule has 4 rings (SSSR count). The van der Waals surface area contributed by atoms with Crippen LogP contribution < -0.4 is 15.4 Å². The van der Waals surface area contributed by atoms with Gasteiger partial charge >= 0.3 is 0 Å². The molecule has 10 heteroatoms. The van der Waals surface area contributed by atoms with Crippen molar-refractivity contribution in [1.82, 2.24) is 25.5 Å². The number of Topliss-reactive ketones (excluding diaryl/α,β-unsaturated/α-hetero) is 1. The van der Waals surface area contributed by atoms with Crippen LogP contribution in [0.4, 0.5) is 11.5 Å². The monoisotopic (exact) mass is 476 g/mol. The normalized spacial score (nSPS) is 10.8. The summed E-state index contributed by atoms with van der Waals surface area (Å²) in [6, 6.07) is 15.8. The number of hydrogen-bond donors (Lipinski definition) is 3. The molecule has 174 valence electrons. The van der Waals surface area contributed by atoms with Crippen LogP contribution in [0.15, 0.2) is 54.9 Å². The van der Waals surface area contributed by atoms with Crippen molar-refractivity contribution in [3.8, 4) is 16.9 Å². The minimum atomic E-state index is -0.317. The van der Waals surface area contributed by atoms with E-state index >= 15 is 0 Å². The number of anilines is 2. The van der Waals surface area contributed by atoms with E-state index in [-0.39, 0.29) is 23.9 Å². The smallest absolute Gasteiger partial charge is 0.221 e. The second kappa shape index (κ2) is 10.8. The Morgan fingerprint density at radius 3 is 2.68 bits per heavy atom. The van der Waals surface area contributed by atoms with E-state index in [0.717, 1.165) is 11.1 Å². The fraction of sp³-hybridized carbons (Fsp3) is 0.208. The van der Waals surface area contributed by atoms with E-state index in [4.69, 9.17) is 4.74 Å². The maximum atomic E-state index is 12.9. The molecule has 0 radical (unpaired) electrons. The summed E-state index contributed by atoms with van der Waals surface area (Å²) >= 11 is 1.57. The first kappa shape index (κ1) is 23.2. The molecule has 0 atom stereocenters. The molecular formula is C24H24N6O3S. The van der Waals surface area contributed by atoms with Gasteiger partial charge in [-0.05, 0) is 29.5 Å². The number of carbonyl (C=O) groups excluding carboxylic acids is 2. The fourth-order valence-corrected chi connectivity index (χ4v) is 3.84. The Morgan fingerprint density at radius 2 is 1.91 bits per heavy atom. The average Bonchev–Trinajstić information content (AvgIpc) is 3.32. The van der Waals surface area contributed by atoms with E-state index in [9.17, 15) is 9.59 Å². The Labute approximate surface area is 200 Å². The van der Waals surface area contributed by atoms with Crippen LogP contribution in [0.2, 0.25) is 0 Å². The second-order valence-electron chi connectivity index (χ2n) is 7.37. The third-order valence-electron chi connectivity index (χ3n) is 5.17. The van der Waals surface area contributed by atoms with Gasteiger partial charge in [-0.15, -0.1) is 0 Å². The van der Waals surface area contributed by atoms with Crippen LogP contribution in [0.1, 0.15) is 16.9 Å². The number of amides is 1. The molecule has 2 heterocycles. The van der Waals surface area contributed by atoms with Gasteiger partial charge in [-0.25, -0.2) is 9.97 Å². The topological polar surface area (TPSA) is 122 Å². The molecule has 1 amide bonds. The highest BCUT2D eigenvalue weighted by Gasteiger charge is 2.20. The van der Waals surface area contributed by atoms with Crippen LogP contribution in [0.3, 0.4) is 0 Å². The second-order valence-corrected chi connectivity index (χ2v) is 8.35. The Bertz CT molecular complexity index is 1310. The molecule has 2 aromatic carbocycles. The van der Waals surface area contributed by atoms with Gasteiger partial charge in [0.2, 0.25) is 5.91 Å². The van der Waals surface area contributed by atoms with Gasteiger partial charge in [-0.3, -0.25) is 14.7 Å². The van der Waals surface area contributed by atoms with Crippen molar-refractivity contribution in [2.75, 3.05) is 31.0 Å². The number of aromatic amines is 1. The predicted octanol–water partition coefficient (Wildman–Crippen LogP) is 3.82. The molecule has 0 saturated carbocycles. The van der Waals surface area contributed by atoms with Gasteiger partial charge in [0.05, 0.1) is 24.7 Å². The highest BCUT2D eigenvalue weighted by atomic mass is 32.2. The lowest BCUT2D eigenvalue weighted by Gasteiger charge is -2.13. The van der Waals surface area contributed by atoms with Crippen molar-refractivity contribution in [3.05, 3.63) is 60.6 Å². The third-order valence-corrected chi connectivity index (χ3v) is 5.78. The summed E-state index contributed by atoms with van der Waals surface area (Å²) in [7, 11) is 1.59. The summed E-state index contributed by atoms with van der Waals surface area (Å²) in [5.74, 6) is 1.22. The number of fused-ring (bicyclic) bond motifs is 1. The number of thioether (sulfide) groups is 1. The molecule has 2 aromatic heterocycles. The standard InChI is InChI=1S/C24H24N6O3S/c1-33-19-9-8-16(15-6-4-3-5-7-15)12-17(19)28-23-21-22(29-30-24(21)27-14-26-23)18(31)13-25-20(32)10-11-34-2/h3-9,12,14H,10-11,13H2,1-2H3,(H,25,32)(H2,26,27,28,29,30). The minimum Gasteiger partial charge on any atom is -0.495 e. The number of nitrogens with zero attached hydrogens (tertiary/aromatic N) is 3. The molecule has 0 aliphatic carbocycles. The molecule has 0 bridgehead atoms.